The van der Waals surface area contributed by atoms with Crippen LogP contribution in [0.5, 0.6) is 0 Å². The van der Waals surface area contributed by atoms with Gasteiger partial charge in [0, 0.05) is 29.3 Å². The second-order valence-corrected chi connectivity index (χ2v) is 4.64. The van der Waals surface area contributed by atoms with Gasteiger partial charge in [-0.2, -0.15) is 0 Å². The van der Waals surface area contributed by atoms with Crippen molar-refractivity contribution >= 4 is 26.8 Å². The molecule has 0 aliphatic carbocycles. The summed E-state index contributed by atoms with van der Waals surface area (Å²) in [6, 6.07) is 8.51. The van der Waals surface area contributed by atoms with Crippen molar-refractivity contribution in [3.05, 3.63) is 47.1 Å². The smallest absolute Gasteiger partial charge is 0.0454 e. The van der Waals surface area contributed by atoms with Gasteiger partial charge in [0.2, 0.25) is 0 Å². The van der Waals surface area contributed by atoms with Crippen LogP contribution in [0.25, 0.3) is 10.9 Å². The van der Waals surface area contributed by atoms with Crippen LogP contribution in [0, 0.1) is 0 Å². The number of fused-ring (bicyclic) bond motifs is 1. The number of rotatable bonds is 4. The monoisotopic (exact) mass is 264 g/mol. The predicted octanol–water partition coefficient (Wildman–Crippen LogP) is 3.17. The molecule has 2 nitrogen and oxygen atoms in total. The number of aromatic amines is 1. The third-order valence-electron chi connectivity index (χ3n) is 2.26. The van der Waals surface area contributed by atoms with Crippen LogP contribution in [-0.4, -0.2) is 11.5 Å². The molecule has 0 bridgehead atoms. The third-order valence-corrected chi connectivity index (χ3v) is 2.54. The molecule has 2 aromatic rings. The predicted molar refractivity (Wildman–Crippen MR) is 68.1 cm³/mol. The summed E-state index contributed by atoms with van der Waals surface area (Å²) in [6.45, 7) is 5.44. The first-order chi connectivity index (χ1) is 7.25. The average molecular weight is 265 g/mol. The summed E-state index contributed by atoms with van der Waals surface area (Å²) in [5, 5.41) is 4.56. The highest BCUT2D eigenvalue weighted by Crippen LogP contribution is 2.14. The molecule has 0 saturated heterocycles. The molecule has 0 fully saturated rings. The second-order valence-electron chi connectivity index (χ2n) is 3.52. The fraction of sp³-hybridized carbons (Fsp3) is 0.167. The molecule has 2 N–H and O–H groups in total. The zero-order valence-corrected chi connectivity index (χ0v) is 9.97. The Morgan fingerprint density at radius 1 is 1.40 bits per heavy atom. The maximum absolute atomic E-state index is 3.78. The molecule has 1 heterocycles. The summed E-state index contributed by atoms with van der Waals surface area (Å²) in [7, 11) is 0. The number of aromatic nitrogens is 1. The molecule has 1 aromatic carbocycles. The van der Waals surface area contributed by atoms with E-state index >= 15 is 0 Å². The minimum Gasteiger partial charge on any atom is -0.361 e. The van der Waals surface area contributed by atoms with Gasteiger partial charge in [-0.25, -0.2) is 0 Å². The van der Waals surface area contributed by atoms with Crippen LogP contribution in [0.3, 0.4) is 0 Å². The third kappa shape index (κ3) is 2.70. The fourth-order valence-electron chi connectivity index (χ4n) is 1.56. The first kappa shape index (κ1) is 10.5. The van der Waals surface area contributed by atoms with Crippen molar-refractivity contribution in [2.24, 2.45) is 0 Å². The van der Waals surface area contributed by atoms with E-state index in [2.05, 4.69) is 57.1 Å². The quantitative estimate of drug-likeness (QED) is 0.873. The van der Waals surface area contributed by atoms with E-state index < -0.39 is 0 Å². The molecule has 2 rings (SSSR count). The molecule has 0 aliphatic heterocycles. The zero-order valence-electron chi connectivity index (χ0n) is 8.39. The Balaban J connectivity index is 2.04. The summed E-state index contributed by atoms with van der Waals surface area (Å²) in [5.41, 5.74) is 2.47. The van der Waals surface area contributed by atoms with Crippen LogP contribution in [0.1, 0.15) is 5.56 Å². The number of H-pyrrole nitrogens is 1. The van der Waals surface area contributed by atoms with E-state index in [0.29, 0.717) is 0 Å². The summed E-state index contributed by atoms with van der Waals surface area (Å²) in [4.78, 5) is 3.18. The maximum atomic E-state index is 3.78. The molecule has 78 valence electrons. The highest BCUT2D eigenvalue weighted by atomic mass is 79.9. The van der Waals surface area contributed by atoms with Crippen molar-refractivity contribution in [1.29, 1.82) is 0 Å². The Bertz CT molecular complexity index is 473. The first-order valence-electron chi connectivity index (χ1n) is 4.86. The number of hydrogen-bond acceptors (Lipinski definition) is 1. The summed E-state index contributed by atoms with van der Waals surface area (Å²) in [5.74, 6) is 0. The maximum Gasteiger partial charge on any atom is 0.0454 e. The van der Waals surface area contributed by atoms with Crippen molar-refractivity contribution in [1.82, 2.24) is 10.3 Å². The molecule has 0 aliphatic rings. The van der Waals surface area contributed by atoms with E-state index in [1.807, 2.05) is 6.20 Å². The van der Waals surface area contributed by atoms with E-state index in [-0.39, 0.29) is 0 Å². The Labute approximate surface area is 97.5 Å². The van der Waals surface area contributed by atoms with Gasteiger partial charge in [-0.1, -0.05) is 28.6 Å². The van der Waals surface area contributed by atoms with Gasteiger partial charge < -0.3 is 10.3 Å². The van der Waals surface area contributed by atoms with Crippen LogP contribution in [-0.2, 0) is 6.54 Å². The molecule has 15 heavy (non-hydrogen) atoms. The van der Waals surface area contributed by atoms with Crippen LogP contribution >= 0.6 is 15.9 Å². The molecule has 0 radical (unpaired) electrons. The Hall–Kier alpha value is -1.06. The normalized spacial score (nSPS) is 10.7. The molecular formula is C12H13BrN2. The van der Waals surface area contributed by atoms with Crippen LogP contribution < -0.4 is 5.32 Å². The summed E-state index contributed by atoms with van der Waals surface area (Å²) >= 11 is 3.32. The van der Waals surface area contributed by atoms with Gasteiger partial charge in [0.1, 0.15) is 0 Å². The van der Waals surface area contributed by atoms with Crippen LogP contribution in [0.4, 0.5) is 0 Å². The minimum atomic E-state index is 0.797. The van der Waals surface area contributed by atoms with Crippen molar-refractivity contribution in [3.63, 3.8) is 0 Å². The lowest BCUT2D eigenvalue weighted by Gasteiger charge is -2.03. The molecule has 0 spiro atoms. The van der Waals surface area contributed by atoms with Crippen LogP contribution in [0.2, 0.25) is 0 Å². The molecule has 0 amide bonds. The van der Waals surface area contributed by atoms with Gasteiger partial charge in [-0.15, -0.1) is 0 Å². The summed E-state index contributed by atoms with van der Waals surface area (Å²) < 4.78 is 0.977. The van der Waals surface area contributed by atoms with Gasteiger partial charge in [-0.3, -0.25) is 0 Å². The van der Waals surface area contributed by atoms with Gasteiger partial charge in [0.25, 0.3) is 0 Å². The number of benzene rings is 1. The van der Waals surface area contributed by atoms with E-state index in [9.17, 15) is 0 Å². The van der Waals surface area contributed by atoms with Gasteiger partial charge in [0.05, 0.1) is 0 Å². The largest absolute Gasteiger partial charge is 0.361 e. The molecular weight excluding hydrogens is 252 g/mol. The lowest BCUT2D eigenvalue weighted by Crippen LogP contribution is -2.14. The topological polar surface area (TPSA) is 27.8 Å². The molecule has 0 atom stereocenters. The lowest BCUT2D eigenvalue weighted by molar-refractivity contribution is 0.758. The number of nitrogens with one attached hydrogen (secondary N) is 2. The Morgan fingerprint density at radius 2 is 2.27 bits per heavy atom. The Kier molecular flexibility index (Phi) is 3.23. The SMILES string of the molecule is C=C(Br)CNCc1ccc2[nH]ccc2c1. The molecule has 0 unspecified atom stereocenters. The lowest BCUT2D eigenvalue weighted by atomic mass is 10.1. The average Bonchev–Trinajstić information content (AvgIpc) is 2.64. The summed E-state index contributed by atoms with van der Waals surface area (Å²) in [6.07, 6.45) is 1.96. The fourth-order valence-corrected chi connectivity index (χ4v) is 1.75. The Morgan fingerprint density at radius 3 is 3.07 bits per heavy atom. The van der Waals surface area contributed by atoms with E-state index in [1.54, 1.807) is 0 Å². The highest BCUT2D eigenvalue weighted by molar-refractivity contribution is 9.11. The van der Waals surface area contributed by atoms with Crippen molar-refractivity contribution in [2.45, 2.75) is 6.54 Å². The number of halogens is 1. The second kappa shape index (κ2) is 4.64. The van der Waals surface area contributed by atoms with Crippen molar-refractivity contribution in [3.8, 4) is 0 Å². The van der Waals surface area contributed by atoms with E-state index in [1.165, 1.54) is 16.5 Å². The first-order valence-corrected chi connectivity index (χ1v) is 5.65. The van der Waals surface area contributed by atoms with Gasteiger partial charge >= 0.3 is 0 Å². The van der Waals surface area contributed by atoms with Crippen molar-refractivity contribution < 1.29 is 0 Å². The minimum absolute atomic E-state index is 0.797. The van der Waals surface area contributed by atoms with E-state index in [0.717, 1.165) is 17.6 Å². The van der Waals surface area contributed by atoms with Crippen molar-refractivity contribution in [2.75, 3.05) is 6.54 Å². The standard InChI is InChI=1S/C12H13BrN2/c1-9(13)7-14-8-10-2-3-12-11(6-10)4-5-15-12/h2-6,14-15H,1,7-8H2. The van der Waals surface area contributed by atoms with Gasteiger partial charge in [0.15, 0.2) is 0 Å². The van der Waals surface area contributed by atoms with E-state index in [4.69, 9.17) is 0 Å². The zero-order chi connectivity index (χ0) is 10.7. The molecule has 3 heteroatoms. The number of hydrogen-bond donors (Lipinski definition) is 2. The highest BCUT2D eigenvalue weighted by Gasteiger charge is 1.97. The molecule has 0 saturated carbocycles. The molecule has 1 aromatic heterocycles. The van der Waals surface area contributed by atoms with Crippen LogP contribution in [0.15, 0.2) is 41.5 Å². The van der Waals surface area contributed by atoms with Gasteiger partial charge in [-0.05, 0) is 29.1 Å².